The quantitative estimate of drug-likeness (QED) is 0.740. The summed E-state index contributed by atoms with van der Waals surface area (Å²) < 4.78 is 5.29. The van der Waals surface area contributed by atoms with Gasteiger partial charge in [-0.3, -0.25) is 14.6 Å². The molecule has 0 aromatic heterocycles. The lowest BCUT2D eigenvalue weighted by atomic mass is 10.0. The van der Waals surface area contributed by atoms with Crippen molar-refractivity contribution in [2.24, 2.45) is 5.92 Å². The summed E-state index contributed by atoms with van der Waals surface area (Å²) in [5, 5.41) is 9.99. The molecule has 0 saturated carbocycles. The van der Waals surface area contributed by atoms with Gasteiger partial charge < -0.3 is 14.7 Å². The number of carbonyl (C=O) groups excluding carboxylic acids is 1. The second kappa shape index (κ2) is 8.24. The molecular weight excluding hydrogens is 282 g/mol. The first-order chi connectivity index (χ1) is 10.5. The minimum atomic E-state index is -0.402. The Bertz CT molecular complexity index is 359. The minimum absolute atomic E-state index is 0.180. The van der Waals surface area contributed by atoms with Gasteiger partial charge >= 0.3 is 0 Å². The molecule has 2 heterocycles. The van der Waals surface area contributed by atoms with Crippen LogP contribution in [0.25, 0.3) is 0 Å². The Morgan fingerprint density at radius 2 is 1.95 bits per heavy atom. The summed E-state index contributed by atoms with van der Waals surface area (Å²) in [5.74, 6) is 0.781. The minimum Gasteiger partial charge on any atom is -0.389 e. The van der Waals surface area contributed by atoms with Crippen molar-refractivity contribution < 1.29 is 14.6 Å². The summed E-state index contributed by atoms with van der Waals surface area (Å²) in [5.41, 5.74) is 0. The number of ether oxygens (including phenoxy) is 1. The normalized spacial score (nSPS) is 29.0. The predicted octanol–water partition coefficient (Wildman–Crippen LogP) is -0.132. The summed E-state index contributed by atoms with van der Waals surface area (Å²) in [7, 11) is 0. The Labute approximate surface area is 134 Å². The molecule has 1 amide bonds. The summed E-state index contributed by atoms with van der Waals surface area (Å²) in [6.45, 7) is 13.3. The van der Waals surface area contributed by atoms with Gasteiger partial charge in [-0.2, -0.15) is 0 Å². The third-order valence-corrected chi connectivity index (χ3v) is 4.86. The lowest BCUT2D eigenvalue weighted by Gasteiger charge is -2.39. The van der Waals surface area contributed by atoms with Crippen molar-refractivity contribution in [2.75, 3.05) is 59.0 Å². The molecular formula is C16H31N3O3. The van der Waals surface area contributed by atoms with Gasteiger partial charge in [-0.25, -0.2) is 0 Å². The number of hydrogen-bond acceptors (Lipinski definition) is 5. The van der Waals surface area contributed by atoms with E-state index in [4.69, 9.17) is 4.74 Å². The Balaban J connectivity index is 1.78. The molecule has 3 atom stereocenters. The van der Waals surface area contributed by atoms with E-state index in [1.54, 1.807) is 6.92 Å². The summed E-state index contributed by atoms with van der Waals surface area (Å²) in [4.78, 5) is 18.2. The number of β-amino-alcohol motifs (C(OH)–C–C–N with tert-alkyl or cyclic N) is 1. The monoisotopic (exact) mass is 313 g/mol. The highest BCUT2D eigenvalue weighted by Crippen LogP contribution is 2.23. The average molecular weight is 313 g/mol. The number of aliphatic hydroxyl groups excluding tert-OH is 1. The van der Waals surface area contributed by atoms with Crippen molar-refractivity contribution in [3.63, 3.8) is 0 Å². The molecule has 0 unspecified atom stereocenters. The number of piperazine rings is 1. The van der Waals surface area contributed by atoms with E-state index in [9.17, 15) is 9.90 Å². The number of nitrogens with zero attached hydrogens (tertiary/aromatic N) is 3. The van der Waals surface area contributed by atoms with Crippen LogP contribution in [0.4, 0.5) is 0 Å². The lowest BCUT2D eigenvalue weighted by Crippen LogP contribution is -2.53. The fraction of sp³-hybridized carbons (Fsp3) is 0.938. The van der Waals surface area contributed by atoms with Crippen LogP contribution < -0.4 is 0 Å². The van der Waals surface area contributed by atoms with Gasteiger partial charge in [-0.05, 0) is 12.8 Å². The highest BCUT2D eigenvalue weighted by atomic mass is 16.5. The fourth-order valence-corrected chi connectivity index (χ4v) is 3.65. The maximum Gasteiger partial charge on any atom is 0.219 e. The molecule has 0 spiro atoms. The van der Waals surface area contributed by atoms with Gasteiger partial charge in [0.1, 0.15) is 0 Å². The van der Waals surface area contributed by atoms with E-state index in [0.717, 1.165) is 39.3 Å². The number of carbonyl (C=O) groups is 1. The molecule has 2 aliphatic rings. The fourth-order valence-electron chi connectivity index (χ4n) is 3.65. The third-order valence-electron chi connectivity index (χ3n) is 4.86. The van der Waals surface area contributed by atoms with Crippen molar-refractivity contribution in [2.45, 2.75) is 32.9 Å². The standard InChI is InChI=1S/C16H31N3O3/c1-4-22-12-15(21)10-17-9-13(2)16(11-17)19-7-5-18(6-8-19)14(3)20/h13,15-16,21H,4-12H2,1-3H3/t13-,15-,16-/m1/s1. The number of amides is 1. The van der Waals surface area contributed by atoms with Crippen LogP contribution in [0.5, 0.6) is 0 Å². The second-order valence-electron chi connectivity index (χ2n) is 6.62. The highest BCUT2D eigenvalue weighted by molar-refractivity contribution is 5.73. The van der Waals surface area contributed by atoms with Crippen molar-refractivity contribution >= 4 is 5.91 Å². The molecule has 0 aromatic rings. The largest absolute Gasteiger partial charge is 0.389 e. The molecule has 2 aliphatic heterocycles. The molecule has 1 N–H and O–H groups in total. The maximum absolute atomic E-state index is 11.4. The van der Waals surface area contributed by atoms with Gasteiger partial charge in [0, 0.05) is 65.4 Å². The maximum atomic E-state index is 11.4. The summed E-state index contributed by atoms with van der Waals surface area (Å²) >= 11 is 0. The highest BCUT2D eigenvalue weighted by Gasteiger charge is 2.35. The van der Waals surface area contributed by atoms with Crippen LogP contribution in [-0.4, -0.2) is 96.9 Å². The van der Waals surface area contributed by atoms with Crippen LogP contribution in [0.3, 0.4) is 0 Å². The molecule has 6 nitrogen and oxygen atoms in total. The lowest BCUT2D eigenvalue weighted by molar-refractivity contribution is -0.130. The van der Waals surface area contributed by atoms with Crippen LogP contribution in [0, 0.1) is 5.92 Å². The summed E-state index contributed by atoms with van der Waals surface area (Å²) in [6, 6.07) is 0.536. The Morgan fingerprint density at radius 3 is 2.55 bits per heavy atom. The van der Waals surface area contributed by atoms with Crippen molar-refractivity contribution in [3.8, 4) is 0 Å². The number of likely N-dealkylation sites (tertiary alicyclic amines) is 1. The second-order valence-corrected chi connectivity index (χ2v) is 6.62. The molecule has 0 aromatic carbocycles. The van der Waals surface area contributed by atoms with E-state index in [2.05, 4.69) is 16.7 Å². The van der Waals surface area contributed by atoms with Gasteiger partial charge in [0.25, 0.3) is 0 Å². The SMILES string of the molecule is CCOC[C@H](O)CN1C[C@@H](C)[C@H](N2CCN(C(C)=O)CC2)C1. The van der Waals surface area contributed by atoms with E-state index < -0.39 is 6.10 Å². The van der Waals surface area contributed by atoms with Gasteiger partial charge in [0.2, 0.25) is 5.91 Å². The van der Waals surface area contributed by atoms with E-state index >= 15 is 0 Å². The topological polar surface area (TPSA) is 56.3 Å². The van der Waals surface area contributed by atoms with Crippen LogP contribution >= 0.6 is 0 Å². The van der Waals surface area contributed by atoms with Crippen LogP contribution in [0.2, 0.25) is 0 Å². The molecule has 2 fully saturated rings. The molecule has 0 bridgehead atoms. The molecule has 2 rings (SSSR count). The van der Waals surface area contributed by atoms with Crippen molar-refractivity contribution in [1.82, 2.24) is 14.7 Å². The van der Waals surface area contributed by atoms with Gasteiger partial charge in [-0.15, -0.1) is 0 Å². The molecule has 2 saturated heterocycles. The van der Waals surface area contributed by atoms with E-state index in [1.807, 2.05) is 11.8 Å². The van der Waals surface area contributed by atoms with E-state index in [0.29, 0.717) is 31.7 Å². The summed E-state index contributed by atoms with van der Waals surface area (Å²) in [6.07, 6.45) is -0.402. The Hall–Kier alpha value is -0.690. The molecule has 22 heavy (non-hydrogen) atoms. The molecule has 0 radical (unpaired) electrons. The Kier molecular flexibility index (Phi) is 6.62. The zero-order valence-corrected chi connectivity index (χ0v) is 14.2. The zero-order chi connectivity index (χ0) is 16.1. The first-order valence-corrected chi connectivity index (χ1v) is 8.49. The van der Waals surface area contributed by atoms with Gasteiger partial charge in [0.15, 0.2) is 0 Å². The smallest absolute Gasteiger partial charge is 0.219 e. The third kappa shape index (κ3) is 4.65. The molecule has 6 heteroatoms. The van der Waals surface area contributed by atoms with Gasteiger partial charge in [0.05, 0.1) is 12.7 Å². The predicted molar refractivity (Wildman–Crippen MR) is 85.7 cm³/mol. The van der Waals surface area contributed by atoms with E-state index in [-0.39, 0.29) is 5.91 Å². The number of aliphatic hydroxyl groups is 1. The van der Waals surface area contributed by atoms with Crippen molar-refractivity contribution in [3.05, 3.63) is 0 Å². The van der Waals surface area contributed by atoms with Crippen molar-refractivity contribution in [1.29, 1.82) is 0 Å². The average Bonchev–Trinajstić information content (AvgIpc) is 2.85. The van der Waals surface area contributed by atoms with Crippen LogP contribution in [0.15, 0.2) is 0 Å². The number of rotatable bonds is 6. The molecule has 128 valence electrons. The van der Waals surface area contributed by atoms with E-state index in [1.165, 1.54) is 0 Å². The number of hydrogen-bond donors (Lipinski definition) is 1. The van der Waals surface area contributed by atoms with Gasteiger partial charge in [-0.1, -0.05) is 6.92 Å². The Morgan fingerprint density at radius 1 is 1.27 bits per heavy atom. The first-order valence-electron chi connectivity index (χ1n) is 8.49. The molecule has 0 aliphatic carbocycles. The zero-order valence-electron chi connectivity index (χ0n) is 14.2. The van der Waals surface area contributed by atoms with Crippen LogP contribution in [0.1, 0.15) is 20.8 Å². The first kappa shape index (κ1) is 17.7. The van der Waals surface area contributed by atoms with Crippen LogP contribution in [-0.2, 0) is 9.53 Å².